The van der Waals surface area contributed by atoms with Gasteiger partial charge in [-0.15, -0.1) is 0 Å². The highest BCUT2D eigenvalue weighted by molar-refractivity contribution is 5.44. The van der Waals surface area contributed by atoms with Gasteiger partial charge in [-0.3, -0.25) is 0 Å². The third-order valence-corrected chi connectivity index (χ3v) is 3.33. The lowest BCUT2D eigenvalue weighted by molar-refractivity contribution is 0.702. The van der Waals surface area contributed by atoms with Crippen LogP contribution in [0.3, 0.4) is 0 Å². The average molecular weight is 233 g/mol. The summed E-state index contributed by atoms with van der Waals surface area (Å²) in [6.45, 7) is 5.38. The number of unbranched alkanes of at least 4 members (excludes halogenated alkanes) is 1. The zero-order valence-electron chi connectivity index (χ0n) is 10.9. The number of aromatic nitrogens is 1. The summed E-state index contributed by atoms with van der Waals surface area (Å²) in [5, 5.41) is 0. The summed E-state index contributed by atoms with van der Waals surface area (Å²) in [4.78, 5) is 6.96. The molecule has 0 spiro atoms. The summed E-state index contributed by atoms with van der Waals surface area (Å²) in [6, 6.07) is 4.97. The van der Waals surface area contributed by atoms with E-state index in [0.717, 1.165) is 18.4 Å². The van der Waals surface area contributed by atoms with Crippen molar-refractivity contribution in [3.8, 4) is 0 Å². The second-order valence-corrected chi connectivity index (χ2v) is 5.01. The van der Waals surface area contributed by atoms with E-state index in [1.54, 1.807) is 0 Å². The Labute approximate surface area is 104 Å². The lowest BCUT2D eigenvalue weighted by atomic mass is 10.1. The molecule has 1 atom stereocenters. The van der Waals surface area contributed by atoms with Crippen LogP contribution in [0.1, 0.15) is 51.1 Å². The predicted molar refractivity (Wildman–Crippen MR) is 72.1 cm³/mol. The second kappa shape index (κ2) is 5.50. The van der Waals surface area contributed by atoms with E-state index >= 15 is 0 Å². The molecule has 1 heterocycles. The van der Waals surface area contributed by atoms with Gasteiger partial charge in [0.05, 0.1) is 0 Å². The minimum Gasteiger partial charge on any atom is -0.354 e. The van der Waals surface area contributed by atoms with Crippen molar-refractivity contribution in [2.24, 2.45) is 5.73 Å². The van der Waals surface area contributed by atoms with Gasteiger partial charge in [0.2, 0.25) is 0 Å². The van der Waals surface area contributed by atoms with Crippen LogP contribution in [0.5, 0.6) is 0 Å². The van der Waals surface area contributed by atoms with Gasteiger partial charge in [-0.05, 0) is 43.9 Å². The Kier molecular flexibility index (Phi) is 4.00. The molecule has 1 aromatic heterocycles. The van der Waals surface area contributed by atoms with Crippen LogP contribution in [-0.4, -0.2) is 17.6 Å². The summed E-state index contributed by atoms with van der Waals surface area (Å²) in [5.41, 5.74) is 7.11. The molecule has 94 valence electrons. The maximum atomic E-state index is 5.93. The third-order valence-electron chi connectivity index (χ3n) is 3.33. The number of nitrogens with zero attached hydrogens (tertiary/aromatic N) is 2. The fraction of sp³-hybridized carbons (Fsp3) is 0.643. The first kappa shape index (κ1) is 12.4. The van der Waals surface area contributed by atoms with Gasteiger partial charge in [-0.1, -0.05) is 13.3 Å². The van der Waals surface area contributed by atoms with Crippen LogP contribution in [0, 0.1) is 0 Å². The van der Waals surface area contributed by atoms with E-state index in [1.807, 2.05) is 19.2 Å². The highest BCUT2D eigenvalue weighted by atomic mass is 15.2. The van der Waals surface area contributed by atoms with Gasteiger partial charge in [-0.25, -0.2) is 4.98 Å². The smallest absolute Gasteiger partial charge is 0.129 e. The zero-order valence-corrected chi connectivity index (χ0v) is 10.9. The van der Waals surface area contributed by atoms with Gasteiger partial charge < -0.3 is 10.6 Å². The summed E-state index contributed by atoms with van der Waals surface area (Å²) in [6.07, 6.45) is 6.98. The summed E-state index contributed by atoms with van der Waals surface area (Å²) >= 11 is 0. The molecule has 3 heteroatoms. The molecule has 0 radical (unpaired) electrons. The van der Waals surface area contributed by atoms with Crippen molar-refractivity contribution in [1.29, 1.82) is 0 Å². The van der Waals surface area contributed by atoms with E-state index in [0.29, 0.717) is 0 Å². The van der Waals surface area contributed by atoms with Crippen molar-refractivity contribution in [2.75, 3.05) is 11.4 Å². The second-order valence-electron chi connectivity index (χ2n) is 5.01. The maximum Gasteiger partial charge on any atom is 0.129 e. The molecule has 1 aliphatic carbocycles. The van der Waals surface area contributed by atoms with Crippen LogP contribution in [0.15, 0.2) is 18.3 Å². The molecular formula is C14H23N3. The van der Waals surface area contributed by atoms with Crippen LogP contribution in [0.4, 0.5) is 5.82 Å². The molecule has 0 bridgehead atoms. The molecule has 17 heavy (non-hydrogen) atoms. The van der Waals surface area contributed by atoms with E-state index in [9.17, 15) is 0 Å². The van der Waals surface area contributed by atoms with E-state index in [1.165, 1.54) is 31.2 Å². The number of pyridine rings is 1. The first-order valence-electron chi connectivity index (χ1n) is 6.70. The predicted octanol–water partition coefficient (Wildman–Crippen LogP) is 2.87. The molecule has 0 amide bonds. The van der Waals surface area contributed by atoms with E-state index < -0.39 is 0 Å². The van der Waals surface area contributed by atoms with Crippen molar-refractivity contribution in [3.63, 3.8) is 0 Å². The Morgan fingerprint density at radius 3 is 2.88 bits per heavy atom. The molecule has 1 aromatic rings. The molecule has 0 aromatic carbocycles. The quantitative estimate of drug-likeness (QED) is 0.821. The van der Waals surface area contributed by atoms with Gasteiger partial charge in [0, 0.05) is 24.8 Å². The molecule has 1 unspecified atom stereocenters. The molecule has 1 aliphatic rings. The number of nitrogens with two attached hydrogens (primary N) is 1. The summed E-state index contributed by atoms with van der Waals surface area (Å²) in [7, 11) is 0. The monoisotopic (exact) mass is 233 g/mol. The topological polar surface area (TPSA) is 42.1 Å². The van der Waals surface area contributed by atoms with Crippen molar-refractivity contribution >= 4 is 5.82 Å². The van der Waals surface area contributed by atoms with Crippen LogP contribution in [-0.2, 0) is 0 Å². The van der Waals surface area contributed by atoms with Crippen LogP contribution in [0.25, 0.3) is 0 Å². The normalized spacial score (nSPS) is 16.9. The first-order chi connectivity index (χ1) is 8.22. The SMILES string of the molecule is CCCCN(c1cc(C(C)N)ccn1)C1CC1. The molecule has 0 aliphatic heterocycles. The van der Waals surface area contributed by atoms with E-state index in [4.69, 9.17) is 5.73 Å². The molecule has 2 N–H and O–H groups in total. The number of hydrogen-bond acceptors (Lipinski definition) is 3. The maximum absolute atomic E-state index is 5.93. The fourth-order valence-corrected chi connectivity index (χ4v) is 2.07. The molecule has 1 saturated carbocycles. The van der Waals surface area contributed by atoms with Crippen LogP contribution >= 0.6 is 0 Å². The number of hydrogen-bond donors (Lipinski definition) is 1. The van der Waals surface area contributed by atoms with Crippen LogP contribution in [0.2, 0.25) is 0 Å². The van der Waals surface area contributed by atoms with Gasteiger partial charge in [0.15, 0.2) is 0 Å². The lowest BCUT2D eigenvalue weighted by Gasteiger charge is -2.24. The minimum atomic E-state index is 0.0870. The minimum absolute atomic E-state index is 0.0870. The highest BCUT2D eigenvalue weighted by Crippen LogP contribution is 2.31. The van der Waals surface area contributed by atoms with Crippen LogP contribution < -0.4 is 10.6 Å². The fourth-order valence-electron chi connectivity index (χ4n) is 2.07. The molecule has 3 nitrogen and oxygen atoms in total. The summed E-state index contributed by atoms with van der Waals surface area (Å²) < 4.78 is 0. The number of rotatable bonds is 6. The Morgan fingerprint density at radius 1 is 1.53 bits per heavy atom. The standard InChI is InChI=1S/C14H23N3/c1-3-4-9-17(13-5-6-13)14-10-12(11(2)15)7-8-16-14/h7-8,10-11,13H,3-6,9,15H2,1-2H3. The largest absolute Gasteiger partial charge is 0.354 e. The van der Waals surface area contributed by atoms with Crippen molar-refractivity contribution < 1.29 is 0 Å². The van der Waals surface area contributed by atoms with Gasteiger partial charge in [0.1, 0.15) is 5.82 Å². The average Bonchev–Trinajstić information content (AvgIpc) is 3.14. The van der Waals surface area contributed by atoms with Crippen molar-refractivity contribution in [3.05, 3.63) is 23.9 Å². The highest BCUT2D eigenvalue weighted by Gasteiger charge is 2.29. The molecule has 1 fully saturated rings. The molecule has 2 rings (SSSR count). The Bertz CT molecular complexity index is 358. The Hall–Kier alpha value is -1.09. The Morgan fingerprint density at radius 2 is 2.29 bits per heavy atom. The number of anilines is 1. The zero-order chi connectivity index (χ0) is 12.3. The lowest BCUT2D eigenvalue weighted by Crippen LogP contribution is -2.27. The van der Waals surface area contributed by atoms with Gasteiger partial charge in [-0.2, -0.15) is 0 Å². The van der Waals surface area contributed by atoms with Gasteiger partial charge in [0.25, 0.3) is 0 Å². The molecular weight excluding hydrogens is 210 g/mol. The molecule has 0 saturated heterocycles. The first-order valence-corrected chi connectivity index (χ1v) is 6.70. The van der Waals surface area contributed by atoms with Crippen molar-refractivity contribution in [2.45, 2.75) is 51.6 Å². The van der Waals surface area contributed by atoms with E-state index in [-0.39, 0.29) is 6.04 Å². The van der Waals surface area contributed by atoms with Gasteiger partial charge >= 0.3 is 0 Å². The Balaban J connectivity index is 2.14. The van der Waals surface area contributed by atoms with E-state index in [2.05, 4.69) is 22.9 Å². The third kappa shape index (κ3) is 3.19. The van der Waals surface area contributed by atoms with Crippen molar-refractivity contribution in [1.82, 2.24) is 4.98 Å². The summed E-state index contributed by atoms with van der Waals surface area (Å²) in [5.74, 6) is 1.11.